The highest BCUT2D eigenvalue weighted by molar-refractivity contribution is 5.78. The van der Waals surface area contributed by atoms with Crippen molar-refractivity contribution in [3.05, 3.63) is 29.3 Å². The van der Waals surface area contributed by atoms with E-state index in [1.165, 1.54) is 12.8 Å². The minimum Gasteiger partial charge on any atom is -0.370 e. The van der Waals surface area contributed by atoms with Gasteiger partial charge in [-0.25, -0.2) is 0 Å². The Morgan fingerprint density at radius 3 is 2.58 bits per heavy atom. The minimum absolute atomic E-state index is 0.567. The number of rotatable bonds is 3. The van der Waals surface area contributed by atoms with Crippen LogP contribution in [0.5, 0.6) is 0 Å². The normalized spacial score (nSPS) is 16.4. The van der Waals surface area contributed by atoms with E-state index in [1.807, 2.05) is 6.07 Å². The van der Waals surface area contributed by atoms with Gasteiger partial charge in [0.15, 0.2) is 0 Å². The largest absolute Gasteiger partial charge is 0.370 e. The summed E-state index contributed by atoms with van der Waals surface area (Å²) in [6.07, 6.45) is 3.14. The fourth-order valence-corrected chi connectivity index (χ4v) is 2.80. The lowest BCUT2D eigenvalue weighted by molar-refractivity contribution is 0.112. The third-order valence-electron chi connectivity index (χ3n) is 4.10. The van der Waals surface area contributed by atoms with Crippen LogP contribution in [0.1, 0.15) is 42.6 Å². The molecule has 1 aromatic rings. The molecule has 3 nitrogen and oxygen atoms in total. The fourth-order valence-electron chi connectivity index (χ4n) is 2.80. The van der Waals surface area contributed by atoms with E-state index in [0.717, 1.165) is 36.9 Å². The molecule has 0 saturated carbocycles. The molecule has 1 saturated heterocycles. The summed E-state index contributed by atoms with van der Waals surface area (Å²) in [6, 6.07) is 7.57. The Hall–Kier alpha value is -1.82. The zero-order valence-electron chi connectivity index (χ0n) is 11.6. The van der Waals surface area contributed by atoms with Crippen molar-refractivity contribution in [3.63, 3.8) is 0 Å². The van der Waals surface area contributed by atoms with Gasteiger partial charge in [-0.15, -0.1) is 0 Å². The van der Waals surface area contributed by atoms with Gasteiger partial charge >= 0.3 is 0 Å². The minimum atomic E-state index is 0.567. The van der Waals surface area contributed by atoms with Crippen molar-refractivity contribution < 1.29 is 4.79 Å². The van der Waals surface area contributed by atoms with Crippen LogP contribution in [0.25, 0.3) is 0 Å². The van der Waals surface area contributed by atoms with Crippen LogP contribution in [0.4, 0.5) is 5.69 Å². The van der Waals surface area contributed by atoms with Gasteiger partial charge in [-0.2, -0.15) is 5.26 Å². The number of nitrogens with zero attached hydrogens (tertiary/aromatic N) is 2. The lowest BCUT2D eigenvalue weighted by Crippen LogP contribution is -2.35. The smallest absolute Gasteiger partial charge is 0.150 e. The number of piperidine rings is 1. The third-order valence-corrected chi connectivity index (χ3v) is 4.10. The Kier molecular flexibility index (Phi) is 4.21. The van der Waals surface area contributed by atoms with Gasteiger partial charge in [0.2, 0.25) is 0 Å². The molecule has 2 rings (SSSR count). The maximum absolute atomic E-state index is 10.8. The molecule has 0 unspecified atom stereocenters. The van der Waals surface area contributed by atoms with E-state index in [9.17, 15) is 10.1 Å². The van der Waals surface area contributed by atoms with Crippen LogP contribution < -0.4 is 4.90 Å². The van der Waals surface area contributed by atoms with Gasteiger partial charge in [-0.1, -0.05) is 13.8 Å². The molecule has 0 aliphatic carbocycles. The summed E-state index contributed by atoms with van der Waals surface area (Å²) in [7, 11) is 0. The highest BCUT2D eigenvalue weighted by Crippen LogP contribution is 2.29. The van der Waals surface area contributed by atoms with E-state index in [1.54, 1.807) is 12.1 Å². The van der Waals surface area contributed by atoms with Crippen LogP contribution in [0.3, 0.4) is 0 Å². The summed E-state index contributed by atoms with van der Waals surface area (Å²) in [6.45, 7) is 6.55. The lowest BCUT2D eigenvalue weighted by atomic mass is 9.86. The van der Waals surface area contributed by atoms with Crippen molar-refractivity contribution in [1.29, 1.82) is 5.26 Å². The number of hydrogen-bond donors (Lipinski definition) is 0. The van der Waals surface area contributed by atoms with Crippen molar-refractivity contribution in [3.8, 4) is 6.07 Å². The molecule has 0 atom stereocenters. The molecule has 0 radical (unpaired) electrons. The van der Waals surface area contributed by atoms with Gasteiger partial charge in [0, 0.05) is 18.7 Å². The van der Waals surface area contributed by atoms with E-state index in [2.05, 4.69) is 24.8 Å². The zero-order valence-corrected chi connectivity index (χ0v) is 11.6. The topological polar surface area (TPSA) is 44.1 Å². The number of benzene rings is 1. The molecule has 0 amide bonds. The molecule has 0 aromatic heterocycles. The van der Waals surface area contributed by atoms with E-state index in [0.29, 0.717) is 11.1 Å². The zero-order chi connectivity index (χ0) is 13.8. The van der Waals surface area contributed by atoms with Gasteiger partial charge in [-0.05, 0) is 42.9 Å². The number of nitriles is 1. The van der Waals surface area contributed by atoms with Gasteiger partial charge in [-0.3, -0.25) is 4.79 Å². The highest BCUT2D eigenvalue weighted by Gasteiger charge is 2.23. The Labute approximate surface area is 114 Å². The average Bonchev–Trinajstić information content (AvgIpc) is 2.46. The number of carbonyl (C=O) groups is 1. The van der Waals surface area contributed by atoms with Crippen molar-refractivity contribution >= 4 is 12.0 Å². The van der Waals surface area contributed by atoms with Crippen LogP contribution in [-0.2, 0) is 0 Å². The molecule has 3 heteroatoms. The molecule has 0 spiro atoms. The second-order valence-corrected chi connectivity index (χ2v) is 5.57. The van der Waals surface area contributed by atoms with Gasteiger partial charge in [0.1, 0.15) is 12.4 Å². The first-order valence-electron chi connectivity index (χ1n) is 6.90. The Bertz CT molecular complexity index is 494. The molecule has 1 aromatic carbocycles. The summed E-state index contributed by atoms with van der Waals surface area (Å²) in [5.74, 6) is 1.52. The maximum Gasteiger partial charge on any atom is 0.150 e. The monoisotopic (exact) mass is 256 g/mol. The maximum atomic E-state index is 10.8. The summed E-state index contributed by atoms with van der Waals surface area (Å²) in [5, 5.41) is 9.22. The Morgan fingerprint density at radius 1 is 1.37 bits per heavy atom. The van der Waals surface area contributed by atoms with Crippen LogP contribution in [0.2, 0.25) is 0 Å². The number of carbonyl (C=O) groups excluding carboxylic acids is 1. The standard InChI is InChI=1S/C16H20N2O/c1-12(2)14-5-7-18(8-6-14)16-4-3-13(11-19)9-15(16)10-17/h3-4,9,11-12,14H,5-8H2,1-2H3. The van der Waals surface area contributed by atoms with E-state index < -0.39 is 0 Å². The quantitative estimate of drug-likeness (QED) is 0.780. The van der Waals surface area contributed by atoms with Gasteiger partial charge < -0.3 is 4.90 Å². The van der Waals surface area contributed by atoms with Crippen molar-refractivity contribution in [1.82, 2.24) is 0 Å². The Morgan fingerprint density at radius 2 is 2.05 bits per heavy atom. The summed E-state index contributed by atoms with van der Waals surface area (Å²) < 4.78 is 0. The number of hydrogen-bond acceptors (Lipinski definition) is 3. The molecule has 1 aliphatic heterocycles. The van der Waals surface area contributed by atoms with Gasteiger partial charge in [0.25, 0.3) is 0 Å². The molecule has 19 heavy (non-hydrogen) atoms. The fraction of sp³-hybridized carbons (Fsp3) is 0.500. The van der Waals surface area contributed by atoms with Crippen molar-refractivity contribution in [2.75, 3.05) is 18.0 Å². The number of anilines is 1. The predicted octanol–water partition coefficient (Wildman–Crippen LogP) is 3.24. The lowest BCUT2D eigenvalue weighted by Gasteiger charge is -2.35. The molecule has 100 valence electrons. The first-order chi connectivity index (χ1) is 9.15. The van der Waals surface area contributed by atoms with E-state index >= 15 is 0 Å². The molecule has 1 heterocycles. The van der Waals surface area contributed by atoms with Crippen LogP contribution in [-0.4, -0.2) is 19.4 Å². The molecular formula is C16H20N2O. The van der Waals surface area contributed by atoms with Crippen LogP contribution in [0, 0.1) is 23.2 Å². The summed E-state index contributed by atoms with van der Waals surface area (Å²) in [5.41, 5.74) is 2.14. The second kappa shape index (κ2) is 5.88. The summed E-state index contributed by atoms with van der Waals surface area (Å²) in [4.78, 5) is 13.0. The third kappa shape index (κ3) is 2.96. The molecule has 0 bridgehead atoms. The van der Waals surface area contributed by atoms with E-state index in [4.69, 9.17) is 0 Å². The molecule has 0 N–H and O–H groups in total. The predicted molar refractivity (Wildman–Crippen MR) is 76.3 cm³/mol. The van der Waals surface area contributed by atoms with Crippen LogP contribution >= 0.6 is 0 Å². The second-order valence-electron chi connectivity index (χ2n) is 5.57. The Balaban J connectivity index is 2.16. The van der Waals surface area contributed by atoms with Crippen LogP contribution in [0.15, 0.2) is 18.2 Å². The first-order valence-corrected chi connectivity index (χ1v) is 6.90. The van der Waals surface area contributed by atoms with Crippen molar-refractivity contribution in [2.24, 2.45) is 11.8 Å². The first kappa shape index (κ1) is 13.6. The summed E-state index contributed by atoms with van der Waals surface area (Å²) >= 11 is 0. The molecular weight excluding hydrogens is 236 g/mol. The molecule has 1 fully saturated rings. The van der Waals surface area contributed by atoms with E-state index in [-0.39, 0.29) is 0 Å². The SMILES string of the molecule is CC(C)C1CCN(c2ccc(C=O)cc2C#N)CC1. The van der Waals surface area contributed by atoms with Crippen molar-refractivity contribution in [2.45, 2.75) is 26.7 Å². The van der Waals surface area contributed by atoms with Gasteiger partial charge in [0.05, 0.1) is 11.3 Å². The molecule has 1 aliphatic rings. The highest BCUT2D eigenvalue weighted by atomic mass is 16.1. The number of aldehydes is 1. The average molecular weight is 256 g/mol.